The Bertz CT molecular complexity index is 992. The van der Waals surface area contributed by atoms with Crippen LogP contribution in [0, 0.1) is 5.82 Å². The van der Waals surface area contributed by atoms with Crippen molar-refractivity contribution in [3.05, 3.63) is 70.5 Å². The summed E-state index contributed by atoms with van der Waals surface area (Å²) in [6, 6.07) is 14.8. The molecule has 0 amide bonds. The van der Waals surface area contributed by atoms with E-state index < -0.39 is 16.4 Å². The second-order valence-corrected chi connectivity index (χ2v) is 10.0. The molecule has 2 aromatic rings. The van der Waals surface area contributed by atoms with Crippen molar-refractivity contribution in [1.82, 2.24) is 9.62 Å². The van der Waals surface area contributed by atoms with Crippen LogP contribution in [-0.2, 0) is 30.2 Å². The molecule has 2 aromatic carbocycles. The van der Waals surface area contributed by atoms with Gasteiger partial charge in [-0.05, 0) is 86.4 Å². The Morgan fingerprint density at radius 1 is 1.10 bits per heavy atom. The average molecular weight is 429 g/mol. The predicted octanol–water partition coefficient (Wildman–Crippen LogP) is 3.36. The van der Waals surface area contributed by atoms with Crippen LogP contribution in [0.15, 0.2) is 42.5 Å². The number of nitrogens with zero attached hydrogens (tertiary/aromatic N) is 1. The van der Waals surface area contributed by atoms with Crippen molar-refractivity contribution in [2.75, 3.05) is 13.1 Å². The van der Waals surface area contributed by atoms with Crippen LogP contribution in [0.4, 0.5) is 4.39 Å². The molecule has 1 saturated carbocycles. The second-order valence-electron chi connectivity index (χ2n) is 9.28. The van der Waals surface area contributed by atoms with E-state index >= 15 is 4.39 Å². The number of hydrogen-bond acceptors (Lipinski definition) is 3. The molecule has 160 valence electrons. The largest absolute Gasteiger partial charge is 0.299 e. The number of rotatable bonds is 7. The van der Waals surface area contributed by atoms with Crippen LogP contribution >= 0.6 is 0 Å². The lowest BCUT2D eigenvalue weighted by Gasteiger charge is -2.41. The van der Waals surface area contributed by atoms with Crippen LogP contribution in [0.1, 0.15) is 53.9 Å². The zero-order chi connectivity index (χ0) is 20.7. The van der Waals surface area contributed by atoms with Crippen LogP contribution in [0.25, 0.3) is 0 Å². The summed E-state index contributed by atoms with van der Waals surface area (Å²) in [4.78, 5) is 2.54. The fourth-order valence-corrected chi connectivity index (χ4v) is 6.26. The number of thiol groups is 1. The number of benzene rings is 2. The molecule has 5 rings (SSSR count). The first-order valence-corrected chi connectivity index (χ1v) is 12.2. The molecule has 1 N–H and O–H groups in total. The topological polar surface area (TPSA) is 49.4 Å². The number of hydrogen-bond donors (Lipinski definition) is 2. The van der Waals surface area contributed by atoms with E-state index in [0.29, 0.717) is 23.9 Å². The third-order valence-corrected chi connectivity index (χ3v) is 8.08. The van der Waals surface area contributed by atoms with Gasteiger partial charge in [0.2, 0.25) is 10.9 Å². The standard InChI is InChI=1S/C24H29FN2O2S/c25-22-14-18-15-23(27-10-5-11-27)21(12-17-6-2-1-3-7-17)20(18)13-19(22)16-24(8-4-9-24)26-30(28)29/h1-3,6-7,13-14,21,23,30H,4-5,8-12,15-16H2,(H,26,28,29). The lowest BCUT2D eigenvalue weighted by Crippen LogP contribution is -2.52. The van der Waals surface area contributed by atoms with Gasteiger partial charge in [0, 0.05) is 17.5 Å². The summed E-state index contributed by atoms with van der Waals surface area (Å²) in [6.07, 6.45) is 6.06. The molecule has 1 aliphatic heterocycles. The molecule has 30 heavy (non-hydrogen) atoms. The first-order chi connectivity index (χ1) is 14.5. The van der Waals surface area contributed by atoms with E-state index in [-0.39, 0.29) is 5.82 Å². The zero-order valence-corrected chi connectivity index (χ0v) is 18.0. The van der Waals surface area contributed by atoms with Gasteiger partial charge in [-0.1, -0.05) is 36.4 Å². The van der Waals surface area contributed by atoms with Crippen molar-refractivity contribution < 1.29 is 12.8 Å². The molecule has 2 fully saturated rings. The fourth-order valence-electron chi connectivity index (χ4n) is 5.57. The number of nitrogens with one attached hydrogen (secondary N) is 1. The number of fused-ring (bicyclic) bond motifs is 1. The highest BCUT2D eigenvalue weighted by Crippen LogP contribution is 2.43. The van der Waals surface area contributed by atoms with Gasteiger partial charge in [-0.15, -0.1) is 0 Å². The Hall–Kier alpha value is -1.76. The third kappa shape index (κ3) is 3.81. The maximum absolute atomic E-state index is 15.1. The molecular formula is C24H29FN2O2S. The summed E-state index contributed by atoms with van der Waals surface area (Å²) in [5, 5.41) is 0. The maximum Gasteiger partial charge on any atom is 0.201 e. The molecule has 6 heteroatoms. The molecule has 2 atom stereocenters. The highest BCUT2D eigenvalue weighted by molar-refractivity contribution is 7.70. The van der Waals surface area contributed by atoms with Crippen LogP contribution in [0.2, 0.25) is 0 Å². The van der Waals surface area contributed by atoms with Crippen molar-refractivity contribution in [3.8, 4) is 0 Å². The Kier molecular flexibility index (Phi) is 5.42. The smallest absolute Gasteiger partial charge is 0.201 e. The Labute approximate surface area is 179 Å². The maximum atomic E-state index is 15.1. The lowest BCUT2D eigenvalue weighted by atomic mass is 9.73. The van der Waals surface area contributed by atoms with Crippen molar-refractivity contribution in [2.45, 2.75) is 62.4 Å². The van der Waals surface area contributed by atoms with E-state index in [1.165, 1.54) is 17.5 Å². The Morgan fingerprint density at radius 3 is 2.47 bits per heavy atom. The zero-order valence-electron chi connectivity index (χ0n) is 17.1. The summed E-state index contributed by atoms with van der Waals surface area (Å²) in [6.45, 7) is 2.26. The van der Waals surface area contributed by atoms with E-state index in [1.807, 2.05) is 6.07 Å². The summed E-state index contributed by atoms with van der Waals surface area (Å²) in [5.74, 6) is 0.161. The van der Waals surface area contributed by atoms with Gasteiger partial charge < -0.3 is 0 Å². The molecular weight excluding hydrogens is 399 g/mol. The van der Waals surface area contributed by atoms with E-state index in [1.54, 1.807) is 6.07 Å². The first-order valence-electron chi connectivity index (χ1n) is 11.0. The fraction of sp³-hybridized carbons (Fsp3) is 0.500. The van der Waals surface area contributed by atoms with Gasteiger partial charge in [0.15, 0.2) is 0 Å². The summed E-state index contributed by atoms with van der Waals surface area (Å²) < 4.78 is 40.4. The van der Waals surface area contributed by atoms with Crippen LogP contribution in [0.3, 0.4) is 0 Å². The molecule has 2 unspecified atom stereocenters. The minimum atomic E-state index is -2.69. The minimum Gasteiger partial charge on any atom is -0.299 e. The number of likely N-dealkylation sites (tertiary alicyclic amines) is 1. The SMILES string of the molecule is O=[SH](=O)NC1(Cc2cc3c(cc2F)CC(N2CCC2)C3Cc2ccccc2)CCC1. The molecule has 1 heterocycles. The van der Waals surface area contributed by atoms with Crippen molar-refractivity contribution in [1.29, 1.82) is 0 Å². The van der Waals surface area contributed by atoms with Crippen molar-refractivity contribution in [2.24, 2.45) is 0 Å². The van der Waals surface area contributed by atoms with Crippen molar-refractivity contribution in [3.63, 3.8) is 0 Å². The highest BCUT2D eigenvalue weighted by Gasteiger charge is 2.41. The van der Waals surface area contributed by atoms with Gasteiger partial charge in [-0.3, -0.25) is 4.90 Å². The molecule has 0 bridgehead atoms. The first kappa shape index (κ1) is 20.2. The van der Waals surface area contributed by atoms with Gasteiger partial charge in [-0.25, -0.2) is 17.5 Å². The third-order valence-electron chi connectivity index (χ3n) is 7.43. The molecule has 0 radical (unpaired) electrons. The summed E-state index contributed by atoms with van der Waals surface area (Å²) in [5.41, 5.74) is 3.84. The van der Waals surface area contributed by atoms with E-state index in [9.17, 15) is 8.42 Å². The number of halogens is 1. The molecule has 1 saturated heterocycles. The summed E-state index contributed by atoms with van der Waals surface area (Å²) in [7, 11) is -2.69. The van der Waals surface area contributed by atoms with Crippen LogP contribution in [0.5, 0.6) is 0 Å². The van der Waals surface area contributed by atoms with E-state index in [0.717, 1.165) is 50.8 Å². The molecule has 0 aromatic heterocycles. The van der Waals surface area contributed by atoms with Gasteiger partial charge in [-0.2, -0.15) is 0 Å². The molecule has 2 aliphatic carbocycles. The predicted molar refractivity (Wildman–Crippen MR) is 117 cm³/mol. The van der Waals surface area contributed by atoms with E-state index in [2.05, 4.69) is 40.0 Å². The second kappa shape index (κ2) is 8.06. The van der Waals surface area contributed by atoms with Gasteiger partial charge in [0.25, 0.3) is 0 Å². The van der Waals surface area contributed by atoms with E-state index in [4.69, 9.17) is 0 Å². The van der Waals surface area contributed by atoms with Crippen LogP contribution < -0.4 is 4.72 Å². The van der Waals surface area contributed by atoms with Crippen LogP contribution in [-0.4, -0.2) is 38.0 Å². The molecule has 0 spiro atoms. The van der Waals surface area contributed by atoms with Crippen molar-refractivity contribution >= 4 is 10.9 Å². The Balaban J connectivity index is 1.47. The molecule has 4 nitrogen and oxygen atoms in total. The quantitative estimate of drug-likeness (QED) is 0.665. The van der Waals surface area contributed by atoms with Gasteiger partial charge in [0.05, 0.1) is 0 Å². The van der Waals surface area contributed by atoms with Gasteiger partial charge >= 0.3 is 0 Å². The normalized spacial score (nSPS) is 25.0. The lowest BCUT2D eigenvalue weighted by molar-refractivity contribution is 0.106. The summed E-state index contributed by atoms with van der Waals surface area (Å²) >= 11 is 0. The highest BCUT2D eigenvalue weighted by atomic mass is 32.2. The Morgan fingerprint density at radius 2 is 1.87 bits per heavy atom. The minimum absolute atomic E-state index is 0.189. The molecule has 3 aliphatic rings. The van der Waals surface area contributed by atoms with Gasteiger partial charge in [0.1, 0.15) is 5.82 Å². The monoisotopic (exact) mass is 428 g/mol. The average Bonchev–Trinajstić information content (AvgIpc) is 2.96.